The molecule has 0 aliphatic carbocycles. The van der Waals surface area contributed by atoms with E-state index in [1.54, 1.807) is 24.3 Å². The lowest BCUT2D eigenvalue weighted by molar-refractivity contribution is 0.465. The fourth-order valence-electron chi connectivity index (χ4n) is 4.54. The SMILES string of the molecule is O=S1(=O)C[C@H](c2ccccc2)c2ccccc2O1.O=S1(=O)C[C@H](c2ccccc2)c2ccccc2O1. The summed E-state index contributed by atoms with van der Waals surface area (Å²) in [5.74, 6) is 0.569. The molecule has 0 saturated carbocycles. The zero-order chi connectivity index (χ0) is 25.2. The molecule has 6 nitrogen and oxygen atoms in total. The summed E-state index contributed by atoms with van der Waals surface area (Å²) >= 11 is 0. The van der Waals surface area contributed by atoms with Gasteiger partial charge in [-0.15, -0.1) is 0 Å². The van der Waals surface area contributed by atoms with Gasteiger partial charge >= 0.3 is 20.2 Å². The van der Waals surface area contributed by atoms with Crippen LogP contribution in [0.1, 0.15) is 34.1 Å². The van der Waals surface area contributed by atoms with E-state index < -0.39 is 20.2 Å². The van der Waals surface area contributed by atoms with Crippen LogP contribution in [0.15, 0.2) is 109 Å². The Labute approximate surface area is 211 Å². The second-order valence-electron chi connectivity index (χ2n) is 8.62. The van der Waals surface area contributed by atoms with Crippen LogP contribution < -0.4 is 8.37 Å². The van der Waals surface area contributed by atoms with Crippen molar-refractivity contribution in [2.45, 2.75) is 11.8 Å². The summed E-state index contributed by atoms with van der Waals surface area (Å²) in [6.07, 6.45) is 0. The van der Waals surface area contributed by atoms with E-state index in [1.807, 2.05) is 84.9 Å². The van der Waals surface area contributed by atoms with Gasteiger partial charge in [0.05, 0.1) is 11.5 Å². The number of para-hydroxylation sites is 2. The minimum atomic E-state index is -3.49. The van der Waals surface area contributed by atoms with E-state index in [4.69, 9.17) is 8.37 Å². The maximum absolute atomic E-state index is 11.8. The van der Waals surface area contributed by atoms with Gasteiger partial charge in [0.2, 0.25) is 0 Å². The van der Waals surface area contributed by atoms with Gasteiger partial charge in [0.25, 0.3) is 0 Å². The average Bonchev–Trinajstić information content (AvgIpc) is 2.88. The molecule has 0 bridgehead atoms. The zero-order valence-corrected chi connectivity index (χ0v) is 20.9. The molecule has 0 fully saturated rings. The molecule has 0 aromatic heterocycles. The van der Waals surface area contributed by atoms with Crippen LogP contribution in [0.2, 0.25) is 0 Å². The van der Waals surface area contributed by atoms with Gasteiger partial charge < -0.3 is 8.37 Å². The van der Waals surface area contributed by atoms with Crippen LogP contribution in [0.4, 0.5) is 0 Å². The molecule has 6 rings (SSSR count). The van der Waals surface area contributed by atoms with Crippen molar-refractivity contribution in [2.24, 2.45) is 0 Å². The number of hydrogen-bond acceptors (Lipinski definition) is 6. The van der Waals surface area contributed by atoms with Gasteiger partial charge in [0.15, 0.2) is 0 Å². The zero-order valence-electron chi connectivity index (χ0n) is 19.2. The van der Waals surface area contributed by atoms with E-state index >= 15 is 0 Å². The molecule has 2 aliphatic rings. The fourth-order valence-corrected chi connectivity index (χ4v) is 7.09. The Hall–Kier alpha value is -3.62. The summed E-state index contributed by atoms with van der Waals surface area (Å²) in [6, 6.07) is 33.9. The third kappa shape index (κ3) is 5.29. The summed E-state index contributed by atoms with van der Waals surface area (Å²) < 4.78 is 57.2. The van der Waals surface area contributed by atoms with Gasteiger partial charge in [0.1, 0.15) is 11.5 Å². The molecular formula is C28H24O6S2. The molecule has 0 spiro atoms. The van der Waals surface area contributed by atoms with E-state index in [9.17, 15) is 16.8 Å². The van der Waals surface area contributed by atoms with Crippen molar-refractivity contribution >= 4 is 20.2 Å². The van der Waals surface area contributed by atoms with Gasteiger partial charge in [-0.1, -0.05) is 97.1 Å². The average molecular weight is 521 g/mol. The highest BCUT2D eigenvalue weighted by Crippen LogP contribution is 2.38. The lowest BCUT2D eigenvalue weighted by Gasteiger charge is -2.25. The minimum absolute atomic E-state index is 0.00593. The predicted molar refractivity (Wildman–Crippen MR) is 138 cm³/mol. The monoisotopic (exact) mass is 520 g/mol. The normalized spacial score (nSPS) is 20.8. The van der Waals surface area contributed by atoms with E-state index in [-0.39, 0.29) is 23.3 Å². The number of benzene rings is 4. The molecule has 4 aromatic rings. The Morgan fingerprint density at radius 2 is 0.806 bits per heavy atom. The lowest BCUT2D eigenvalue weighted by atomic mass is 9.92. The highest BCUT2D eigenvalue weighted by atomic mass is 32.2. The Morgan fingerprint density at radius 3 is 1.19 bits per heavy atom. The summed E-state index contributed by atoms with van der Waals surface area (Å²) in [6.45, 7) is 0. The molecule has 0 saturated heterocycles. The first kappa shape index (κ1) is 24.1. The van der Waals surface area contributed by atoms with Gasteiger partial charge in [-0.05, 0) is 23.3 Å². The second-order valence-corrected chi connectivity index (χ2v) is 11.8. The standard InChI is InChI=1S/2C14H12O3S/c2*15-18(16)10-13(11-6-2-1-3-7-11)12-8-4-5-9-14(12)17-18/h2*1-9,13H,10H2/t2*13-/m11/s1. The topological polar surface area (TPSA) is 86.7 Å². The molecular weight excluding hydrogens is 496 g/mol. The molecule has 184 valence electrons. The van der Waals surface area contributed by atoms with Gasteiger partial charge in [0, 0.05) is 23.0 Å². The first-order valence-electron chi connectivity index (χ1n) is 11.4. The van der Waals surface area contributed by atoms with Gasteiger partial charge in [-0.2, -0.15) is 16.8 Å². The van der Waals surface area contributed by atoms with Crippen LogP contribution in [0.25, 0.3) is 0 Å². The highest BCUT2D eigenvalue weighted by Gasteiger charge is 2.33. The Morgan fingerprint density at radius 1 is 0.472 bits per heavy atom. The summed E-state index contributed by atoms with van der Waals surface area (Å²) in [7, 11) is -6.99. The largest absolute Gasteiger partial charge is 0.382 e. The summed E-state index contributed by atoms with van der Waals surface area (Å²) in [5, 5.41) is 0. The molecule has 36 heavy (non-hydrogen) atoms. The second kappa shape index (κ2) is 9.79. The fraction of sp³-hybridized carbons (Fsp3) is 0.143. The van der Waals surface area contributed by atoms with E-state index in [2.05, 4.69) is 0 Å². The van der Waals surface area contributed by atoms with Crippen molar-refractivity contribution in [3.8, 4) is 11.5 Å². The van der Waals surface area contributed by atoms with Crippen molar-refractivity contribution in [1.82, 2.24) is 0 Å². The Bertz CT molecular complexity index is 1450. The third-order valence-corrected chi connectivity index (χ3v) is 8.52. The highest BCUT2D eigenvalue weighted by molar-refractivity contribution is 7.87. The smallest absolute Gasteiger partial charge is 0.310 e. The maximum Gasteiger partial charge on any atom is 0.310 e. The molecule has 2 aliphatic heterocycles. The molecule has 2 atom stereocenters. The van der Waals surface area contributed by atoms with Crippen molar-refractivity contribution in [3.05, 3.63) is 131 Å². The van der Waals surface area contributed by atoms with Crippen molar-refractivity contribution in [3.63, 3.8) is 0 Å². The van der Waals surface area contributed by atoms with Crippen LogP contribution in [-0.2, 0) is 20.2 Å². The van der Waals surface area contributed by atoms with Crippen LogP contribution >= 0.6 is 0 Å². The lowest BCUT2D eigenvalue weighted by Crippen LogP contribution is -2.26. The third-order valence-electron chi connectivity index (χ3n) is 6.17. The van der Waals surface area contributed by atoms with Crippen molar-refractivity contribution in [1.29, 1.82) is 0 Å². The minimum Gasteiger partial charge on any atom is -0.382 e. The number of rotatable bonds is 2. The van der Waals surface area contributed by atoms with Gasteiger partial charge in [-0.25, -0.2) is 0 Å². The quantitative estimate of drug-likeness (QED) is 0.343. The van der Waals surface area contributed by atoms with Crippen LogP contribution in [0.5, 0.6) is 11.5 Å². The molecule has 2 heterocycles. The first-order valence-corrected chi connectivity index (χ1v) is 14.6. The summed E-state index contributed by atoms with van der Waals surface area (Å²) in [4.78, 5) is 0. The number of fused-ring (bicyclic) bond motifs is 2. The Kier molecular flexibility index (Phi) is 6.55. The molecule has 0 radical (unpaired) electrons. The Balaban J connectivity index is 0.000000148. The number of hydrogen-bond donors (Lipinski definition) is 0. The van der Waals surface area contributed by atoms with E-state index in [0.717, 1.165) is 22.3 Å². The molecule has 8 heteroatoms. The predicted octanol–water partition coefficient (Wildman–Crippen LogP) is 5.08. The first-order chi connectivity index (χ1) is 17.3. The molecule has 4 aromatic carbocycles. The van der Waals surface area contributed by atoms with Crippen molar-refractivity contribution < 1.29 is 25.2 Å². The van der Waals surface area contributed by atoms with Crippen LogP contribution in [-0.4, -0.2) is 28.3 Å². The molecule has 0 unspecified atom stereocenters. The van der Waals surface area contributed by atoms with Crippen LogP contribution in [0.3, 0.4) is 0 Å². The molecule has 0 amide bonds. The summed E-state index contributed by atoms with van der Waals surface area (Å²) in [5.41, 5.74) is 3.85. The maximum atomic E-state index is 11.8. The molecule has 0 N–H and O–H groups in total. The van der Waals surface area contributed by atoms with E-state index in [1.165, 1.54) is 0 Å². The van der Waals surface area contributed by atoms with E-state index in [0.29, 0.717) is 11.5 Å². The van der Waals surface area contributed by atoms with Crippen molar-refractivity contribution in [2.75, 3.05) is 11.5 Å². The van der Waals surface area contributed by atoms with Gasteiger partial charge in [-0.3, -0.25) is 0 Å². The van der Waals surface area contributed by atoms with Crippen LogP contribution in [0, 0.1) is 0 Å².